The molecule has 0 aromatic heterocycles. The second-order valence-corrected chi connectivity index (χ2v) is 6.32. The molecular weight excluding hydrogens is 253 g/mol. The fourth-order valence-electron chi connectivity index (χ4n) is 3.86. The molecule has 0 bridgehead atoms. The minimum Gasteiger partial charge on any atom is -0.496 e. The molecule has 0 unspecified atom stereocenters. The van der Waals surface area contributed by atoms with Crippen LogP contribution in [0.2, 0.25) is 0 Å². The highest BCUT2D eigenvalue weighted by atomic mass is 19.1. The fraction of sp³-hybridized carbons (Fsp3) is 0.647. The van der Waals surface area contributed by atoms with Crippen molar-refractivity contribution in [3.05, 3.63) is 28.6 Å². The first kappa shape index (κ1) is 13.9. The Labute approximate surface area is 120 Å². The van der Waals surface area contributed by atoms with E-state index in [9.17, 15) is 4.39 Å². The van der Waals surface area contributed by atoms with Crippen LogP contribution in [0.5, 0.6) is 5.75 Å². The first-order chi connectivity index (χ1) is 9.65. The highest BCUT2D eigenvalue weighted by Gasteiger charge is 2.35. The molecule has 2 aliphatic carbocycles. The molecule has 0 atom stereocenters. The zero-order chi connectivity index (χ0) is 14.2. The lowest BCUT2D eigenvalue weighted by molar-refractivity contribution is 0.289. The molecule has 0 radical (unpaired) electrons. The Morgan fingerprint density at radius 1 is 1.05 bits per heavy atom. The quantitative estimate of drug-likeness (QED) is 0.891. The monoisotopic (exact) mass is 277 g/mol. The number of halogens is 1. The SMILES string of the molecule is COc1cc(C2(N)CCCCC2)c(F)c2c1CCCC2. The highest BCUT2D eigenvalue weighted by Crippen LogP contribution is 2.41. The third kappa shape index (κ3) is 2.22. The predicted octanol–water partition coefficient (Wildman–Crippen LogP) is 3.83. The van der Waals surface area contributed by atoms with Gasteiger partial charge < -0.3 is 10.5 Å². The van der Waals surface area contributed by atoms with E-state index in [4.69, 9.17) is 10.5 Å². The Kier molecular flexibility index (Phi) is 3.72. The van der Waals surface area contributed by atoms with Gasteiger partial charge in [0.15, 0.2) is 0 Å². The van der Waals surface area contributed by atoms with Crippen LogP contribution in [0.25, 0.3) is 0 Å². The van der Waals surface area contributed by atoms with E-state index in [1.807, 2.05) is 6.07 Å². The average Bonchev–Trinajstić information content (AvgIpc) is 2.48. The molecule has 0 amide bonds. The van der Waals surface area contributed by atoms with Crippen molar-refractivity contribution in [3.8, 4) is 5.75 Å². The van der Waals surface area contributed by atoms with Crippen molar-refractivity contribution in [2.24, 2.45) is 5.73 Å². The standard InChI is InChI=1S/C17H24FNO/c1-20-15-11-14(17(19)9-5-2-6-10-17)16(18)13-8-4-3-7-12(13)15/h11H,2-10,19H2,1H3. The van der Waals surface area contributed by atoms with Gasteiger partial charge in [-0.1, -0.05) is 19.3 Å². The summed E-state index contributed by atoms with van der Waals surface area (Å²) in [7, 11) is 1.68. The molecule has 1 aromatic carbocycles. The molecule has 1 fully saturated rings. The maximum atomic E-state index is 15.0. The number of nitrogens with two attached hydrogens (primary N) is 1. The molecule has 3 heteroatoms. The van der Waals surface area contributed by atoms with Gasteiger partial charge in [-0.15, -0.1) is 0 Å². The molecule has 3 rings (SSSR count). The van der Waals surface area contributed by atoms with Gasteiger partial charge in [0, 0.05) is 16.7 Å². The van der Waals surface area contributed by atoms with Gasteiger partial charge in [-0.05, 0) is 50.2 Å². The number of benzene rings is 1. The third-order valence-corrected chi connectivity index (χ3v) is 5.04. The zero-order valence-corrected chi connectivity index (χ0v) is 12.3. The Morgan fingerprint density at radius 3 is 2.35 bits per heavy atom. The van der Waals surface area contributed by atoms with Crippen molar-refractivity contribution in [3.63, 3.8) is 0 Å². The van der Waals surface area contributed by atoms with Crippen LogP contribution >= 0.6 is 0 Å². The van der Waals surface area contributed by atoms with E-state index in [-0.39, 0.29) is 5.82 Å². The molecule has 0 saturated heterocycles. The van der Waals surface area contributed by atoms with Gasteiger partial charge in [-0.2, -0.15) is 0 Å². The lowest BCUT2D eigenvalue weighted by Gasteiger charge is -2.35. The van der Waals surface area contributed by atoms with Gasteiger partial charge in [-0.25, -0.2) is 4.39 Å². The molecule has 2 nitrogen and oxygen atoms in total. The summed E-state index contributed by atoms with van der Waals surface area (Å²) in [6.45, 7) is 0. The van der Waals surface area contributed by atoms with Crippen molar-refractivity contribution >= 4 is 0 Å². The summed E-state index contributed by atoms with van der Waals surface area (Å²) in [4.78, 5) is 0. The van der Waals surface area contributed by atoms with Gasteiger partial charge in [0.05, 0.1) is 7.11 Å². The lowest BCUT2D eigenvalue weighted by Crippen LogP contribution is -2.40. The van der Waals surface area contributed by atoms with Gasteiger partial charge in [0.25, 0.3) is 0 Å². The largest absolute Gasteiger partial charge is 0.496 e. The topological polar surface area (TPSA) is 35.2 Å². The normalized spacial score (nSPS) is 21.4. The van der Waals surface area contributed by atoms with E-state index in [1.165, 1.54) is 6.42 Å². The predicted molar refractivity (Wildman–Crippen MR) is 78.5 cm³/mol. The molecule has 0 heterocycles. The van der Waals surface area contributed by atoms with E-state index in [0.29, 0.717) is 5.56 Å². The first-order valence-corrected chi connectivity index (χ1v) is 7.83. The van der Waals surface area contributed by atoms with Crippen molar-refractivity contribution in [2.45, 2.75) is 63.3 Å². The number of fused-ring (bicyclic) bond motifs is 1. The Morgan fingerprint density at radius 2 is 1.70 bits per heavy atom. The molecule has 2 N–H and O–H groups in total. The number of methoxy groups -OCH3 is 1. The van der Waals surface area contributed by atoms with Crippen LogP contribution < -0.4 is 10.5 Å². The van der Waals surface area contributed by atoms with Crippen molar-refractivity contribution in [1.82, 2.24) is 0 Å². The fourth-order valence-corrected chi connectivity index (χ4v) is 3.86. The lowest BCUT2D eigenvalue weighted by atomic mass is 9.75. The second-order valence-electron chi connectivity index (χ2n) is 6.32. The third-order valence-electron chi connectivity index (χ3n) is 5.04. The van der Waals surface area contributed by atoms with Crippen molar-refractivity contribution < 1.29 is 9.13 Å². The molecule has 0 aliphatic heterocycles. The maximum absolute atomic E-state index is 15.0. The van der Waals surface area contributed by atoms with Crippen LogP contribution in [-0.4, -0.2) is 7.11 Å². The van der Waals surface area contributed by atoms with Crippen LogP contribution in [-0.2, 0) is 18.4 Å². The van der Waals surface area contributed by atoms with E-state index in [2.05, 4.69) is 0 Å². The number of rotatable bonds is 2. The molecule has 0 spiro atoms. The van der Waals surface area contributed by atoms with Gasteiger partial charge >= 0.3 is 0 Å². The number of ether oxygens (including phenoxy) is 1. The summed E-state index contributed by atoms with van der Waals surface area (Å²) >= 11 is 0. The second kappa shape index (κ2) is 5.36. The number of hydrogen-bond acceptors (Lipinski definition) is 2. The van der Waals surface area contributed by atoms with E-state index < -0.39 is 5.54 Å². The molecule has 110 valence electrons. The van der Waals surface area contributed by atoms with Crippen LogP contribution in [0.15, 0.2) is 6.07 Å². The zero-order valence-electron chi connectivity index (χ0n) is 12.3. The minimum atomic E-state index is -0.498. The Bertz CT molecular complexity index is 506. The van der Waals surface area contributed by atoms with Crippen LogP contribution in [0, 0.1) is 5.82 Å². The Balaban J connectivity index is 2.11. The summed E-state index contributed by atoms with van der Waals surface area (Å²) in [5, 5.41) is 0. The maximum Gasteiger partial charge on any atom is 0.131 e. The summed E-state index contributed by atoms with van der Waals surface area (Å²) in [5.74, 6) is 0.788. The highest BCUT2D eigenvalue weighted by molar-refractivity contribution is 5.48. The van der Waals surface area contributed by atoms with E-state index >= 15 is 0 Å². The summed E-state index contributed by atoms with van der Waals surface area (Å²) in [5.41, 5.74) is 8.66. The summed E-state index contributed by atoms with van der Waals surface area (Å²) < 4.78 is 20.5. The number of hydrogen-bond donors (Lipinski definition) is 1. The molecule has 1 aromatic rings. The Hall–Kier alpha value is -1.09. The van der Waals surface area contributed by atoms with Crippen LogP contribution in [0.4, 0.5) is 4.39 Å². The van der Waals surface area contributed by atoms with E-state index in [1.54, 1.807) is 7.11 Å². The van der Waals surface area contributed by atoms with E-state index in [0.717, 1.165) is 68.2 Å². The average molecular weight is 277 g/mol. The van der Waals surface area contributed by atoms with Crippen molar-refractivity contribution in [2.75, 3.05) is 7.11 Å². The molecule has 20 heavy (non-hydrogen) atoms. The van der Waals surface area contributed by atoms with Gasteiger partial charge in [-0.3, -0.25) is 0 Å². The van der Waals surface area contributed by atoms with Gasteiger partial charge in [0.2, 0.25) is 0 Å². The molecular formula is C17H24FNO. The van der Waals surface area contributed by atoms with Crippen LogP contribution in [0.3, 0.4) is 0 Å². The van der Waals surface area contributed by atoms with Crippen LogP contribution in [0.1, 0.15) is 61.6 Å². The minimum absolute atomic E-state index is 0.0510. The smallest absolute Gasteiger partial charge is 0.131 e. The van der Waals surface area contributed by atoms with Crippen molar-refractivity contribution in [1.29, 1.82) is 0 Å². The first-order valence-electron chi connectivity index (χ1n) is 7.83. The van der Waals surface area contributed by atoms with Gasteiger partial charge in [0.1, 0.15) is 11.6 Å². The molecule has 2 aliphatic rings. The summed E-state index contributed by atoms with van der Waals surface area (Å²) in [6, 6.07) is 1.88. The summed E-state index contributed by atoms with van der Waals surface area (Å²) in [6.07, 6.45) is 9.09. The molecule has 1 saturated carbocycles.